The van der Waals surface area contributed by atoms with Crippen LogP contribution < -0.4 is 4.72 Å². The Hall–Kier alpha value is -0.810. The van der Waals surface area contributed by atoms with Crippen LogP contribution in [-0.2, 0) is 10.0 Å². The molecule has 2 aromatic rings. The van der Waals surface area contributed by atoms with Crippen LogP contribution >= 0.6 is 34.4 Å². The second-order valence-electron chi connectivity index (χ2n) is 3.23. The molecule has 0 unspecified atom stereocenters. The quantitative estimate of drug-likeness (QED) is 0.609. The first kappa shape index (κ1) is 13.6. The smallest absolute Gasteiger partial charge is 0.248 e. The summed E-state index contributed by atoms with van der Waals surface area (Å²) < 4.78 is 27.3. The molecule has 2 N–H and O–H groups in total. The lowest BCUT2D eigenvalue weighted by molar-refractivity contribution is 0.601. The first-order valence-electron chi connectivity index (χ1n) is 4.76. The largest absolute Gasteiger partial charge is 0.264 e. The molecule has 0 fully saturated rings. The van der Waals surface area contributed by atoms with Gasteiger partial charge in [-0.15, -0.1) is 5.10 Å². The number of hydrogen-bond acceptors (Lipinski definition) is 5. The lowest BCUT2D eigenvalue weighted by Gasteiger charge is -2.04. The van der Waals surface area contributed by atoms with Crippen LogP contribution in [0.5, 0.6) is 0 Å². The van der Waals surface area contributed by atoms with Gasteiger partial charge in [-0.25, -0.2) is 18.2 Å². The Morgan fingerprint density at radius 1 is 1.33 bits per heavy atom. The zero-order valence-electron chi connectivity index (χ0n) is 9.21. The number of aromatic amines is 1. The van der Waals surface area contributed by atoms with Gasteiger partial charge in [0.2, 0.25) is 11.1 Å². The van der Waals surface area contributed by atoms with Crippen molar-refractivity contribution in [2.24, 2.45) is 0 Å². The molecule has 0 amide bonds. The molecule has 18 heavy (non-hydrogen) atoms. The minimum Gasteiger partial charge on any atom is -0.248 e. The molecular weight excluding hydrogens is 387 g/mol. The monoisotopic (exact) mass is 396 g/mol. The first-order chi connectivity index (χ1) is 8.51. The van der Waals surface area contributed by atoms with Crippen molar-refractivity contribution in [2.45, 2.75) is 10.1 Å². The summed E-state index contributed by atoms with van der Waals surface area (Å²) in [7, 11) is -3.62. The van der Waals surface area contributed by atoms with E-state index in [1.807, 2.05) is 0 Å². The van der Waals surface area contributed by atoms with Crippen LogP contribution in [0.25, 0.3) is 0 Å². The number of hydrogen-bond donors (Lipinski definition) is 2. The van der Waals surface area contributed by atoms with Gasteiger partial charge in [0.25, 0.3) is 10.0 Å². The fourth-order valence-electron chi connectivity index (χ4n) is 1.18. The SMILES string of the molecule is CSc1n[nH]c(NS(=O)(=O)c2ccc(I)cc2)n1. The van der Waals surface area contributed by atoms with Crippen LogP contribution in [0.3, 0.4) is 0 Å². The van der Waals surface area contributed by atoms with Crippen LogP contribution in [0.15, 0.2) is 34.3 Å². The molecule has 1 aromatic carbocycles. The summed E-state index contributed by atoms with van der Waals surface area (Å²) in [6.45, 7) is 0. The first-order valence-corrected chi connectivity index (χ1v) is 8.55. The normalized spacial score (nSPS) is 11.4. The van der Waals surface area contributed by atoms with Gasteiger partial charge in [-0.2, -0.15) is 4.98 Å². The predicted molar refractivity (Wildman–Crippen MR) is 78.1 cm³/mol. The van der Waals surface area contributed by atoms with Crippen molar-refractivity contribution in [2.75, 3.05) is 11.0 Å². The van der Waals surface area contributed by atoms with Crippen LogP contribution in [0.4, 0.5) is 5.95 Å². The lowest BCUT2D eigenvalue weighted by atomic mass is 10.4. The third kappa shape index (κ3) is 3.14. The van der Waals surface area contributed by atoms with Crippen molar-refractivity contribution in [3.05, 3.63) is 27.8 Å². The van der Waals surface area contributed by atoms with Gasteiger partial charge in [-0.3, -0.25) is 0 Å². The summed E-state index contributed by atoms with van der Waals surface area (Å²) in [6, 6.07) is 6.53. The van der Waals surface area contributed by atoms with E-state index in [1.165, 1.54) is 23.9 Å². The van der Waals surface area contributed by atoms with E-state index in [-0.39, 0.29) is 10.8 Å². The zero-order chi connectivity index (χ0) is 13.2. The topological polar surface area (TPSA) is 87.7 Å². The maximum Gasteiger partial charge on any atom is 0.264 e. The maximum absolute atomic E-state index is 12.0. The molecule has 0 saturated heterocycles. The zero-order valence-corrected chi connectivity index (χ0v) is 13.0. The van der Waals surface area contributed by atoms with Crippen molar-refractivity contribution in [3.8, 4) is 0 Å². The molecule has 0 saturated carbocycles. The standard InChI is InChI=1S/C9H9IN4O2S2/c1-17-9-11-8(12-13-9)14-18(15,16)7-4-2-6(10)3-5-7/h2-5H,1H3,(H2,11,12,13,14). The molecule has 0 aliphatic heterocycles. The highest BCUT2D eigenvalue weighted by molar-refractivity contribution is 14.1. The lowest BCUT2D eigenvalue weighted by Crippen LogP contribution is -2.13. The summed E-state index contributed by atoms with van der Waals surface area (Å²) >= 11 is 3.43. The summed E-state index contributed by atoms with van der Waals surface area (Å²) in [5, 5.41) is 6.83. The van der Waals surface area contributed by atoms with Gasteiger partial charge in [-0.1, -0.05) is 11.8 Å². The number of rotatable bonds is 4. The second-order valence-corrected chi connectivity index (χ2v) is 6.93. The number of halogens is 1. The molecule has 0 bridgehead atoms. The van der Waals surface area contributed by atoms with Crippen molar-refractivity contribution >= 4 is 50.3 Å². The van der Waals surface area contributed by atoms with Crippen molar-refractivity contribution in [1.29, 1.82) is 0 Å². The second kappa shape index (κ2) is 5.45. The van der Waals surface area contributed by atoms with E-state index in [4.69, 9.17) is 0 Å². The highest BCUT2D eigenvalue weighted by atomic mass is 127. The van der Waals surface area contributed by atoms with Gasteiger partial charge in [0, 0.05) is 3.57 Å². The molecule has 1 aromatic heterocycles. The predicted octanol–water partition coefficient (Wildman–Crippen LogP) is 1.93. The summed E-state index contributed by atoms with van der Waals surface area (Å²) in [6.07, 6.45) is 1.81. The average Bonchev–Trinajstić information content (AvgIpc) is 2.76. The summed E-state index contributed by atoms with van der Waals surface area (Å²) in [4.78, 5) is 4.15. The van der Waals surface area contributed by atoms with Gasteiger partial charge in [0.1, 0.15) is 0 Å². The van der Waals surface area contributed by atoms with Crippen LogP contribution in [0.2, 0.25) is 0 Å². The minimum atomic E-state index is -3.62. The van der Waals surface area contributed by atoms with Crippen molar-refractivity contribution in [1.82, 2.24) is 15.2 Å². The molecule has 1 heterocycles. The van der Waals surface area contributed by atoms with E-state index in [1.54, 1.807) is 18.4 Å². The van der Waals surface area contributed by atoms with E-state index in [2.05, 4.69) is 42.5 Å². The highest BCUT2D eigenvalue weighted by Gasteiger charge is 2.16. The van der Waals surface area contributed by atoms with Crippen LogP contribution in [-0.4, -0.2) is 29.9 Å². The van der Waals surface area contributed by atoms with Crippen molar-refractivity contribution < 1.29 is 8.42 Å². The average molecular weight is 396 g/mol. The van der Waals surface area contributed by atoms with Crippen LogP contribution in [0, 0.1) is 3.57 Å². The fourth-order valence-corrected chi connectivity index (χ4v) is 2.82. The number of H-pyrrole nitrogens is 1. The molecule has 2 rings (SSSR count). The van der Waals surface area contributed by atoms with Gasteiger partial charge >= 0.3 is 0 Å². The minimum absolute atomic E-state index is 0.109. The molecule has 0 spiro atoms. The maximum atomic E-state index is 12.0. The Balaban J connectivity index is 2.24. The van der Waals surface area contributed by atoms with E-state index >= 15 is 0 Å². The van der Waals surface area contributed by atoms with Gasteiger partial charge < -0.3 is 0 Å². The number of benzene rings is 1. The van der Waals surface area contributed by atoms with Gasteiger partial charge in [0.05, 0.1) is 4.90 Å². The Morgan fingerprint density at radius 3 is 2.56 bits per heavy atom. The number of thioether (sulfide) groups is 1. The van der Waals surface area contributed by atoms with Gasteiger partial charge in [0.15, 0.2) is 0 Å². The molecule has 0 aliphatic rings. The molecule has 9 heteroatoms. The summed E-state index contributed by atoms with van der Waals surface area (Å²) in [5.41, 5.74) is 0. The third-order valence-corrected chi connectivity index (χ3v) is 4.62. The summed E-state index contributed by atoms with van der Waals surface area (Å²) in [5.74, 6) is 0.109. The number of nitrogens with one attached hydrogen (secondary N) is 2. The van der Waals surface area contributed by atoms with Crippen molar-refractivity contribution in [3.63, 3.8) is 0 Å². The number of aromatic nitrogens is 3. The van der Waals surface area contributed by atoms with Crippen LogP contribution in [0.1, 0.15) is 0 Å². The van der Waals surface area contributed by atoms with Gasteiger partial charge in [-0.05, 0) is 53.1 Å². The Morgan fingerprint density at radius 2 is 2.00 bits per heavy atom. The Labute approximate surface area is 122 Å². The fraction of sp³-hybridized carbons (Fsp3) is 0.111. The van der Waals surface area contributed by atoms with E-state index in [0.29, 0.717) is 5.16 Å². The molecule has 0 atom stereocenters. The molecular formula is C9H9IN4O2S2. The molecule has 0 aliphatic carbocycles. The number of sulfonamides is 1. The molecule has 0 radical (unpaired) electrons. The number of anilines is 1. The Kier molecular flexibility index (Phi) is 4.12. The Bertz CT molecular complexity index is 639. The van der Waals surface area contributed by atoms with E-state index in [0.717, 1.165) is 3.57 Å². The van der Waals surface area contributed by atoms with E-state index < -0.39 is 10.0 Å². The third-order valence-electron chi connectivity index (χ3n) is 2.00. The molecule has 96 valence electrons. The number of nitrogens with zero attached hydrogens (tertiary/aromatic N) is 2. The highest BCUT2D eigenvalue weighted by Crippen LogP contribution is 2.16. The molecule has 6 nitrogen and oxygen atoms in total. The van der Waals surface area contributed by atoms with E-state index in [9.17, 15) is 8.42 Å².